The van der Waals surface area contributed by atoms with Crippen LogP contribution in [-0.4, -0.2) is 30.0 Å². The van der Waals surface area contributed by atoms with Crippen molar-refractivity contribution in [3.05, 3.63) is 17.0 Å². The van der Waals surface area contributed by atoms with E-state index in [4.69, 9.17) is 0 Å². The SMILES string of the molecule is Cc1nc(C(C)C)c(O)c2c1S(=O)(=O)CC2=O. The third-order valence-electron chi connectivity index (χ3n) is 2.78. The fourth-order valence-electron chi connectivity index (χ4n) is 2.06. The van der Waals surface area contributed by atoms with Crippen molar-refractivity contribution < 1.29 is 18.3 Å². The molecule has 0 aromatic carbocycles. The molecule has 17 heavy (non-hydrogen) atoms. The molecule has 0 aliphatic carbocycles. The maximum Gasteiger partial charge on any atom is 0.188 e. The lowest BCUT2D eigenvalue weighted by Gasteiger charge is -2.12. The summed E-state index contributed by atoms with van der Waals surface area (Å²) in [5.74, 6) is -1.48. The summed E-state index contributed by atoms with van der Waals surface area (Å²) in [6.45, 7) is 5.18. The lowest BCUT2D eigenvalue weighted by molar-refractivity contribution is 0.102. The molecule has 5 nitrogen and oxygen atoms in total. The molecule has 6 heteroatoms. The molecule has 2 heterocycles. The number of sulfone groups is 1. The van der Waals surface area contributed by atoms with Gasteiger partial charge in [-0.2, -0.15) is 0 Å². The molecule has 0 bridgehead atoms. The lowest BCUT2D eigenvalue weighted by atomic mass is 10.0. The predicted molar refractivity (Wildman–Crippen MR) is 61.1 cm³/mol. The molecule has 2 rings (SSSR count). The van der Waals surface area contributed by atoms with Gasteiger partial charge in [-0.15, -0.1) is 0 Å². The Morgan fingerprint density at radius 2 is 1.94 bits per heavy atom. The van der Waals surface area contributed by atoms with Gasteiger partial charge >= 0.3 is 0 Å². The van der Waals surface area contributed by atoms with Gasteiger partial charge in [0.25, 0.3) is 0 Å². The standard InChI is InChI=1S/C11H13NO4S/c1-5(2)9-10(14)8-7(13)4-17(15,16)11(8)6(3)12-9/h5,14H,4H2,1-3H3. The molecule has 1 aliphatic heterocycles. The molecular weight excluding hydrogens is 242 g/mol. The van der Waals surface area contributed by atoms with Gasteiger partial charge < -0.3 is 5.11 Å². The van der Waals surface area contributed by atoms with Gasteiger partial charge in [-0.05, 0) is 12.8 Å². The second-order valence-electron chi connectivity index (χ2n) is 4.47. The highest BCUT2D eigenvalue weighted by Crippen LogP contribution is 2.38. The second kappa shape index (κ2) is 3.53. The number of ketones is 1. The van der Waals surface area contributed by atoms with Crippen molar-refractivity contribution in [2.75, 3.05) is 5.75 Å². The zero-order chi connectivity index (χ0) is 13.0. The van der Waals surface area contributed by atoms with Crippen LogP contribution < -0.4 is 0 Å². The molecule has 0 fully saturated rings. The van der Waals surface area contributed by atoms with Crippen LogP contribution in [0.1, 0.15) is 41.5 Å². The number of hydrogen-bond donors (Lipinski definition) is 1. The summed E-state index contributed by atoms with van der Waals surface area (Å²) in [5.41, 5.74) is 0.570. The normalized spacial score (nSPS) is 17.5. The number of Topliss-reactive ketones (excluding diaryl/α,β-unsaturated/α-hetero) is 1. The molecule has 1 N–H and O–H groups in total. The number of aromatic nitrogens is 1. The highest BCUT2D eigenvalue weighted by Gasteiger charge is 2.39. The number of pyridine rings is 1. The van der Waals surface area contributed by atoms with E-state index in [-0.39, 0.29) is 27.8 Å². The summed E-state index contributed by atoms with van der Waals surface area (Å²) in [6, 6.07) is 0. The Labute approximate surface area is 99.4 Å². The molecule has 0 saturated heterocycles. The van der Waals surface area contributed by atoms with E-state index < -0.39 is 21.4 Å². The molecule has 0 atom stereocenters. The van der Waals surface area contributed by atoms with E-state index in [1.807, 2.05) is 13.8 Å². The van der Waals surface area contributed by atoms with Gasteiger partial charge in [0, 0.05) is 0 Å². The van der Waals surface area contributed by atoms with E-state index in [2.05, 4.69) is 4.98 Å². The number of nitrogens with zero attached hydrogens (tertiary/aromatic N) is 1. The van der Waals surface area contributed by atoms with Crippen LogP contribution in [0.3, 0.4) is 0 Å². The van der Waals surface area contributed by atoms with Crippen LogP contribution in [0.2, 0.25) is 0 Å². The Hall–Kier alpha value is -1.43. The van der Waals surface area contributed by atoms with Gasteiger partial charge in [0.05, 0.1) is 17.0 Å². The van der Waals surface area contributed by atoms with Gasteiger partial charge in [0.1, 0.15) is 16.4 Å². The third-order valence-corrected chi connectivity index (χ3v) is 4.54. The third kappa shape index (κ3) is 1.63. The minimum Gasteiger partial charge on any atom is -0.505 e. The van der Waals surface area contributed by atoms with Crippen LogP contribution in [0.4, 0.5) is 0 Å². The van der Waals surface area contributed by atoms with Gasteiger partial charge in [0.15, 0.2) is 15.6 Å². The number of hydrogen-bond acceptors (Lipinski definition) is 5. The summed E-state index contributed by atoms with van der Waals surface area (Å²) in [4.78, 5) is 15.6. The van der Waals surface area contributed by atoms with Crippen LogP contribution in [0.5, 0.6) is 5.75 Å². The van der Waals surface area contributed by atoms with E-state index in [1.54, 1.807) is 6.92 Å². The number of aryl methyl sites for hydroxylation is 1. The average molecular weight is 255 g/mol. The number of rotatable bonds is 1. The second-order valence-corrected chi connectivity index (χ2v) is 6.40. The molecule has 0 saturated carbocycles. The van der Waals surface area contributed by atoms with Crippen molar-refractivity contribution in [3.8, 4) is 5.75 Å². The minimum absolute atomic E-state index is 0.0740. The van der Waals surface area contributed by atoms with Gasteiger partial charge in [0.2, 0.25) is 0 Å². The van der Waals surface area contributed by atoms with Gasteiger partial charge in [-0.25, -0.2) is 8.42 Å². The molecule has 0 spiro atoms. The summed E-state index contributed by atoms with van der Waals surface area (Å²) in [5, 5.41) is 9.96. The molecule has 1 aromatic rings. The number of carbonyl (C=O) groups is 1. The van der Waals surface area contributed by atoms with Crippen molar-refractivity contribution in [2.45, 2.75) is 31.6 Å². The molecule has 92 valence electrons. The Bertz CT molecular complexity index is 617. The zero-order valence-corrected chi connectivity index (χ0v) is 10.6. The topological polar surface area (TPSA) is 84.3 Å². The van der Waals surface area contributed by atoms with Crippen molar-refractivity contribution in [1.82, 2.24) is 4.98 Å². The summed E-state index contributed by atoms with van der Waals surface area (Å²) in [7, 11) is -3.62. The molecule has 1 aliphatic rings. The molecule has 0 unspecified atom stereocenters. The fraction of sp³-hybridized carbons (Fsp3) is 0.455. The van der Waals surface area contributed by atoms with Crippen LogP contribution in [-0.2, 0) is 9.84 Å². The first kappa shape index (κ1) is 12.0. The van der Waals surface area contributed by atoms with Crippen molar-refractivity contribution in [1.29, 1.82) is 0 Å². The summed E-state index contributed by atoms with van der Waals surface area (Å²) < 4.78 is 23.5. The van der Waals surface area contributed by atoms with Crippen molar-refractivity contribution in [3.63, 3.8) is 0 Å². The van der Waals surface area contributed by atoms with E-state index in [0.717, 1.165) is 0 Å². The Kier molecular flexibility index (Phi) is 2.50. The summed E-state index contributed by atoms with van der Waals surface area (Å²) >= 11 is 0. The maximum atomic E-state index is 11.7. The Balaban J connectivity index is 2.89. The lowest BCUT2D eigenvalue weighted by Crippen LogP contribution is -2.05. The fourth-order valence-corrected chi connectivity index (χ4v) is 3.71. The van der Waals surface area contributed by atoms with Crippen LogP contribution >= 0.6 is 0 Å². The van der Waals surface area contributed by atoms with Gasteiger partial charge in [-0.1, -0.05) is 13.8 Å². The predicted octanol–water partition coefficient (Wildman–Crippen LogP) is 1.19. The number of aromatic hydroxyl groups is 1. The minimum atomic E-state index is -3.62. The van der Waals surface area contributed by atoms with Crippen LogP contribution in [0.15, 0.2) is 4.90 Å². The monoisotopic (exact) mass is 255 g/mol. The summed E-state index contributed by atoms with van der Waals surface area (Å²) in [6.07, 6.45) is 0. The zero-order valence-electron chi connectivity index (χ0n) is 9.81. The van der Waals surface area contributed by atoms with E-state index in [0.29, 0.717) is 5.69 Å². The van der Waals surface area contributed by atoms with E-state index in [9.17, 15) is 18.3 Å². The number of fused-ring (bicyclic) bond motifs is 1. The average Bonchev–Trinajstić information content (AvgIpc) is 2.42. The molecule has 0 amide bonds. The van der Waals surface area contributed by atoms with Crippen LogP contribution in [0.25, 0.3) is 0 Å². The molecule has 0 radical (unpaired) electrons. The first-order valence-electron chi connectivity index (χ1n) is 5.25. The highest BCUT2D eigenvalue weighted by atomic mass is 32.2. The highest BCUT2D eigenvalue weighted by molar-refractivity contribution is 7.92. The van der Waals surface area contributed by atoms with Crippen LogP contribution in [0, 0.1) is 6.92 Å². The largest absolute Gasteiger partial charge is 0.505 e. The van der Waals surface area contributed by atoms with E-state index in [1.165, 1.54) is 0 Å². The number of carbonyl (C=O) groups excluding carboxylic acids is 1. The van der Waals surface area contributed by atoms with E-state index >= 15 is 0 Å². The van der Waals surface area contributed by atoms with Crippen molar-refractivity contribution in [2.24, 2.45) is 0 Å². The van der Waals surface area contributed by atoms with Gasteiger partial charge in [-0.3, -0.25) is 9.78 Å². The quantitative estimate of drug-likeness (QED) is 0.814. The van der Waals surface area contributed by atoms with Crippen molar-refractivity contribution >= 4 is 15.6 Å². The Morgan fingerprint density at radius 3 is 2.47 bits per heavy atom. The molecular formula is C11H13NO4S. The molecule has 1 aromatic heterocycles. The Morgan fingerprint density at radius 1 is 1.35 bits per heavy atom. The first-order chi connectivity index (χ1) is 7.75. The smallest absolute Gasteiger partial charge is 0.188 e. The first-order valence-corrected chi connectivity index (χ1v) is 6.90. The maximum absolute atomic E-state index is 11.7.